The lowest BCUT2D eigenvalue weighted by Gasteiger charge is -2.14. The molecule has 0 radical (unpaired) electrons. The van der Waals surface area contributed by atoms with Crippen LogP contribution < -0.4 is 25.4 Å². The minimum atomic E-state index is -0.414. The highest BCUT2D eigenvalue weighted by atomic mass is 19.1. The molecule has 0 fully saturated rings. The number of carbonyl (C=O) groups is 1. The van der Waals surface area contributed by atoms with Crippen LogP contribution in [0.5, 0.6) is 11.5 Å². The summed E-state index contributed by atoms with van der Waals surface area (Å²) in [6.07, 6.45) is 0. The molecule has 7 nitrogen and oxygen atoms in total. The number of anilines is 2. The lowest BCUT2D eigenvalue weighted by atomic mass is 10.2. The van der Waals surface area contributed by atoms with Crippen molar-refractivity contribution in [3.8, 4) is 11.5 Å². The summed E-state index contributed by atoms with van der Waals surface area (Å²) >= 11 is 0. The van der Waals surface area contributed by atoms with Gasteiger partial charge in [-0.15, -0.1) is 0 Å². The van der Waals surface area contributed by atoms with Crippen molar-refractivity contribution in [1.82, 2.24) is 5.32 Å². The number of halogens is 1. The highest BCUT2D eigenvalue weighted by molar-refractivity contribution is 5.99. The Morgan fingerprint density at radius 2 is 1.89 bits per heavy atom. The van der Waals surface area contributed by atoms with Crippen LogP contribution in [0, 0.1) is 5.82 Å². The predicted octanol–water partition coefficient (Wildman–Crippen LogP) is 2.86. The van der Waals surface area contributed by atoms with Gasteiger partial charge < -0.3 is 25.4 Å². The van der Waals surface area contributed by atoms with Gasteiger partial charge in [0.2, 0.25) is 5.91 Å². The Morgan fingerprint density at radius 1 is 1.11 bits per heavy atom. The summed E-state index contributed by atoms with van der Waals surface area (Å²) in [6, 6.07) is 11.1. The van der Waals surface area contributed by atoms with Crippen LogP contribution >= 0.6 is 0 Å². The van der Waals surface area contributed by atoms with E-state index in [-0.39, 0.29) is 12.5 Å². The lowest BCUT2D eigenvalue weighted by molar-refractivity contribution is -0.115. The normalized spacial score (nSPS) is 10.9. The van der Waals surface area contributed by atoms with Gasteiger partial charge in [0.1, 0.15) is 5.82 Å². The third-order valence-electron chi connectivity index (χ3n) is 3.47. The molecule has 0 aliphatic heterocycles. The smallest absolute Gasteiger partial charge is 0.243 e. The largest absolute Gasteiger partial charge is 0.493 e. The van der Waals surface area contributed by atoms with E-state index in [9.17, 15) is 9.18 Å². The molecule has 0 saturated heterocycles. The van der Waals surface area contributed by atoms with Gasteiger partial charge >= 0.3 is 0 Å². The maximum absolute atomic E-state index is 13.2. The summed E-state index contributed by atoms with van der Waals surface area (Å²) in [4.78, 5) is 16.1. The average molecular weight is 374 g/mol. The molecule has 0 aliphatic rings. The standard InChI is InChI=1S/C19H23FN4O3/c1-4-27-17-11-15(8-9-16(17)26-3)24-19(21-2)22-12-18(25)23-14-7-5-6-13(20)10-14/h5-11H,4,12H2,1-3H3,(H,23,25)(H2,21,22,24). The van der Waals surface area contributed by atoms with Gasteiger partial charge in [0.25, 0.3) is 0 Å². The molecular weight excluding hydrogens is 351 g/mol. The summed E-state index contributed by atoms with van der Waals surface area (Å²) in [5.74, 6) is 0.886. The molecule has 0 aromatic heterocycles. The molecule has 2 aromatic rings. The molecule has 0 atom stereocenters. The van der Waals surface area contributed by atoms with Crippen LogP contribution in [0.2, 0.25) is 0 Å². The number of benzene rings is 2. The van der Waals surface area contributed by atoms with Crippen LogP contribution in [0.1, 0.15) is 6.92 Å². The van der Waals surface area contributed by atoms with Crippen LogP contribution in [0.4, 0.5) is 15.8 Å². The van der Waals surface area contributed by atoms with E-state index in [1.54, 1.807) is 38.4 Å². The fourth-order valence-electron chi connectivity index (χ4n) is 2.27. The number of carbonyl (C=O) groups excluding carboxylic acids is 1. The zero-order valence-electron chi connectivity index (χ0n) is 15.5. The molecule has 0 aliphatic carbocycles. The van der Waals surface area contributed by atoms with Gasteiger partial charge in [-0.2, -0.15) is 0 Å². The molecule has 27 heavy (non-hydrogen) atoms. The molecule has 0 bridgehead atoms. The summed E-state index contributed by atoms with van der Waals surface area (Å²) in [7, 11) is 3.16. The Morgan fingerprint density at radius 3 is 2.56 bits per heavy atom. The number of hydrogen-bond donors (Lipinski definition) is 3. The number of nitrogens with zero attached hydrogens (tertiary/aromatic N) is 1. The second-order valence-corrected chi connectivity index (χ2v) is 5.41. The third kappa shape index (κ3) is 6.18. The zero-order valence-corrected chi connectivity index (χ0v) is 15.5. The van der Waals surface area contributed by atoms with Gasteiger partial charge in [-0.1, -0.05) is 6.07 Å². The van der Waals surface area contributed by atoms with Crippen molar-refractivity contribution in [2.45, 2.75) is 6.92 Å². The van der Waals surface area contributed by atoms with Gasteiger partial charge in [-0.25, -0.2) is 4.39 Å². The second kappa shape index (κ2) is 10.0. The van der Waals surface area contributed by atoms with Gasteiger partial charge in [-0.3, -0.25) is 9.79 Å². The lowest BCUT2D eigenvalue weighted by Crippen LogP contribution is -2.37. The van der Waals surface area contributed by atoms with Crippen molar-refractivity contribution < 1.29 is 18.7 Å². The number of hydrogen-bond acceptors (Lipinski definition) is 4. The SMILES string of the molecule is CCOc1cc(NC(=NC)NCC(=O)Nc2cccc(F)c2)ccc1OC. The first-order chi connectivity index (χ1) is 13.0. The molecule has 2 aromatic carbocycles. The number of ether oxygens (including phenoxy) is 2. The Labute approximate surface area is 157 Å². The zero-order chi connectivity index (χ0) is 19.6. The first-order valence-corrected chi connectivity index (χ1v) is 8.39. The maximum atomic E-state index is 13.2. The minimum Gasteiger partial charge on any atom is -0.493 e. The van der Waals surface area contributed by atoms with Crippen molar-refractivity contribution in [2.75, 3.05) is 37.9 Å². The van der Waals surface area contributed by atoms with Gasteiger partial charge in [0.05, 0.1) is 20.3 Å². The summed E-state index contributed by atoms with van der Waals surface area (Å²) in [5.41, 5.74) is 1.11. The van der Waals surface area contributed by atoms with Crippen molar-refractivity contribution in [3.05, 3.63) is 48.3 Å². The molecule has 144 valence electrons. The highest BCUT2D eigenvalue weighted by Gasteiger charge is 2.08. The molecule has 0 saturated carbocycles. The van der Waals surface area contributed by atoms with E-state index < -0.39 is 5.82 Å². The van der Waals surface area contributed by atoms with E-state index in [0.29, 0.717) is 29.8 Å². The number of aliphatic imine (C=N–C) groups is 1. The Bertz CT molecular complexity index is 811. The van der Waals surface area contributed by atoms with Crippen molar-refractivity contribution >= 4 is 23.2 Å². The van der Waals surface area contributed by atoms with E-state index in [4.69, 9.17) is 9.47 Å². The monoisotopic (exact) mass is 374 g/mol. The molecule has 1 amide bonds. The Hall–Kier alpha value is -3.29. The maximum Gasteiger partial charge on any atom is 0.243 e. The molecular formula is C19H23FN4O3. The number of amides is 1. The van der Waals surface area contributed by atoms with E-state index in [1.165, 1.54) is 18.2 Å². The average Bonchev–Trinajstić information content (AvgIpc) is 2.65. The molecule has 0 unspecified atom stereocenters. The van der Waals surface area contributed by atoms with E-state index >= 15 is 0 Å². The molecule has 0 spiro atoms. The van der Waals surface area contributed by atoms with Crippen LogP contribution in [-0.4, -0.2) is 39.2 Å². The van der Waals surface area contributed by atoms with Crippen LogP contribution in [-0.2, 0) is 4.79 Å². The number of rotatable bonds is 7. The molecule has 2 rings (SSSR count). The van der Waals surface area contributed by atoms with Gasteiger partial charge in [0.15, 0.2) is 17.5 Å². The Balaban J connectivity index is 1.93. The van der Waals surface area contributed by atoms with Crippen LogP contribution in [0.25, 0.3) is 0 Å². The van der Waals surface area contributed by atoms with E-state index in [1.807, 2.05) is 6.92 Å². The molecule has 3 N–H and O–H groups in total. The summed E-state index contributed by atoms with van der Waals surface area (Å²) in [5, 5.41) is 8.57. The number of methoxy groups -OCH3 is 1. The minimum absolute atomic E-state index is 0.0370. The fraction of sp³-hybridized carbons (Fsp3) is 0.263. The summed E-state index contributed by atoms with van der Waals surface area (Å²) < 4.78 is 23.9. The van der Waals surface area contributed by atoms with Crippen LogP contribution in [0.3, 0.4) is 0 Å². The topological polar surface area (TPSA) is 84.0 Å². The highest BCUT2D eigenvalue weighted by Crippen LogP contribution is 2.30. The fourth-order valence-corrected chi connectivity index (χ4v) is 2.27. The summed E-state index contributed by atoms with van der Waals surface area (Å²) in [6.45, 7) is 2.36. The van der Waals surface area contributed by atoms with E-state index in [0.717, 1.165) is 5.69 Å². The van der Waals surface area contributed by atoms with Crippen molar-refractivity contribution in [2.24, 2.45) is 4.99 Å². The Kier molecular flexibility index (Phi) is 7.42. The van der Waals surface area contributed by atoms with Gasteiger partial charge in [-0.05, 0) is 37.3 Å². The quantitative estimate of drug-likeness (QED) is 0.513. The van der Waals surface area contributed by atoms with E-state index in [2.05, 4.69) is 20.9 Å². The first kappa shape index (κ1) is 20.0. The second-order valence-electron chi connectivity index (χ2n) is 5.41. The predicted molar refractivity (Wildman–Crippen MR) is 104 cm³/mol. The molecule has 0 heterocycles. The number of nitrogens with one attached hydrogen (secondary N) is 3. The van der Waals surface area contributed by atoms with Gasteiger partial charge in [0, 0.05) is 24.5 Å². The third-order valence-corrected chi connectivity index (χ3v) is 3.47. The van der Waals surface area contributed by atoms with Crippen molar-refractivity contribution in [3.63, 3.8) is 0 Å². The van der Waals surface area contributed by atoms with Crippen molar-refractivity contribution in [1.29, 1.82) is 0 Å². The molecule has 8 heteroatoms. The first-order valence-electron chi connectivity index (χ1n) is 8.39. The van der Waals surface area contributed by atoms with Crippen LogP contribution in [0.15, 0.2) is 47.5 Å². The number of guanidine groups is 1.